The summed E-state index contributed by atoms with van der Waals surface area (Å²) < 4.78 is 64.1. The molecule has 7 N–H and O–H groups in total. The maximum atomic E-state index is 11.6. The Morgan fingerprint density at radius 3 is 1.73 bits per heavy atom. The Morgan fingerprint density at radius 2 is 1.37 bits per heavy atom. The highest BCUT2D eigenvalue weighted by Gasteiger charge is 2.19. The maximum Gasteiger partial charge on any atom is 0.508 e. The SMILES string of the molecule is CCCNC(=O)C(N)COC(=O)OCC(N)C(=O)NCCCS(=O)(=O)O.O=S(=O)=O. The average molecular weight is 479 g/mol. The van der Waals surface area contributed by atoms with Crippen molar-refractivity contribution in [1.82, 2.24) is 10.6 Å². The minimum atomic E-state index is -4.10. The van der Waals surface area contributed by atoms with E-state index >= 15 is 0 Å². The Kier molecular flexibility index (Phi) is 16.4. The molecule has 0 aromatic heterocycles. The van der Waals surface area contributed by atoms with Gasteiger partial charge in [-0.2, -0.15) is 8.42 Å². The van der Waals surface area contributed by atoms with E-state index in [1.165, 1.54) is 0 Å². The lowest BCUT2D eigenvalue weighted by Crippen LogP contribution is -2.45. The standard InChI is InChI=1S/C13H26N4O8S.O3S/c1-2-4-16-11(18)9(14)7-24-13(20)25-8-10(15)12(19)17-5-3-6-26(21,22)23;1-4(2)3/h9-10H,2-8,14-15H2,1H3,(H,16,18)(H,17,19)(H,21,22,23);. The second-order valence-electron chi connectivity index (χ2n) is 5.51. The number of hydrogen-bond donors (Lipinski definition) is 5. The maximum absolute atomic E-state index is 11.6. The fraction of sp³-hybridized carbons (Fsp3) is 0.769. The normalized spacial score (nSPS) is 12.4. The number of hydrogen-bond acceptors (Lipinski definition) is 12. The predicted octanol–water partition coefficient (Wildman–Crippen LogP) is -3.29. The van der Waals surface area contributed by atoms with Crippen molar-refractivity contribution in [2.24, 2.45) is 11.5 Å². The molecule has 17 heteroatoms. The number of rotatable bonds is 12. The van der Waals surface area contributed by atoms with E-state index in [4.69, 9.17) is 28.6 Å². The highest BCUT2D eigenvalue weighted by atomic mass is 32.2. The Hall–Kier alpha value is -2.34. The quantitative estimate of drug-likeness (QED) is 0.105. The molecule has 0 bridgehead atoms. The lowest BCUT2D eigenvalue weighted by Gasteiger charge is -2.14. The highest BCUT2D eigenvalue weighted by Crippen LogP contribution is 1.92. The van der Waals surface area contributed by atoms with Crippen LogP contribution in [0.5, 0.6) is 0 Å². The smallest absolute Gasteiger partial charge is 0.432 e. The van der Waals surface area contributed by atoms with Gasteiger partial charge in [0.15, 0.2) is 0 Å². The lowest BCUT2D eigenvalue weighted by atomic mass is 10.3. The van der Waals surface area contributed by atoms with Crippen molar-refractivity contribution in [3.05, 3.63) is 0 Å². The molecule has 0 heterocycles. The molecule has 2 amide bonds. The summed E-state index contributed by atoms with van der Waals surface area (Å²) >= 11 is 0. The third-order valence-electron chi connectivity index (χ3n) is 2.86. The molecular weight excluding hydrogens is 452 g/mol. The zero-order valence-corrected chi connectivity index (χ0v) is 17.7. The summed E-state index contributed by atoms with van der Waals surface area (Å²) in [6, 6.07) is -2.25. The zero-order valence-electron chi connectivity index (χ0n) is 16.1. The van der Waals surface area contributed by atoms with Crippen LogP contribution in [-0.2, 0) is 39.8 Å². The second-order valence-corrected chi connectivity index (χ2v) is 7.49. The van der Waals surface area contributed by atoms with Crippen molar-refractivity contribution in [2.45, 2.75) is 31.8 Å². The first kappa shape index (κ1) is 29.9. The van der Waals surface area contributed by atoms with E-state index in [0.29, 0.717) is 6.54 Å². The molecule has 0 saturated carbocycles. The lowest BCUT2D eigenvalue weighted by molar-refractivity contribution is -0.123. The highest BCUT2D eigenvalue weighted by molar-refractivity contribution is 7.85. The topological polar surface area (TPSA) is 251 Å². The largest absolute Gasteiger partial charge is 0.508 e. The number of amides is 2. The van der Waals surface area contributed by atoms with Crippen molar-refractivity contribution in [1.29, 1.82) is 0 Å². The molecule has 0 rings (SSSR count). The monoisotopic (exact) mass is 478 g/mol. The minimum Gasteiger partial charge on any atom is -0.432 e. The molecule has 0 radical (unpaired) electrons. The van der Waals surface area contributed by atoms with Crippen LogP contribution in [0.2, 0.25) is 0 Å². The van der Waals surface area contributed by atoms with Gasteiger partial charge in [-0.1, -0.05) is 6.92 Å². The molecule has 30 heavy (non-hydrogen) atoms. The van der Waals surface area contributed by atoms with Gasteiger partial charge >= 0.3 is 16.8 Å². The summed E-state index contributed by atoms with van der Waals surface area (Å²) in [6.07, 6.45) is -0.409. The molecule has 0 aromatic rings. The average Bonchev–Trinajstić information content (AvgIpc) is 2.63. The van der Waals surface area contributed by atoms with Gasteiger partial charge in [0.1, 0.15) is 25.3 Å². The number of ether oxygens (including phenoxy) is 2. The van der Waals surface area contributed by atoms with Crippen LogP contribution in [0.25, 0.3) is 0 Å². The van der Waals surface area contributed by atoms with E-state index < -0.39 is 69.7 Å². The van der Waals surface area contributed by atoms with E-state index in [0.717, 1.165) is 6.42 Å². The van der Waals surface area contributed by atoms with Gasteiger partial charge in [-0.3, -0.25) is 14.1 Å². The van der Waals surface area contributed by atoms with Crippen LogP contribution < -0.4 is 22.1 Å². The summed E-state index contributed by atoms with van der Waals surface area (Å²) in [4.78, 5) is 34.4. The van der Waals surface area contributed by atoms with Crippen molar-refractivity contribution in [3.8, 4) is 0 Å². The van der Waals surface area contributed by atoms with Crippen LogP contribution in [0.3, 0.4) is 0 Å². The van der Waals surface area contributed by atoms with Crippen LogP contribution in [0.15, 0.2) is 0 Å². The summed E-state index contributed by atoms with van der Waals surface area (Å²) in [5.74, 6) is -1.65. The number of nitrogens with two attached hydrogens (primary N) is 2. The molecule has 0 fully saturated rings. The molecule has 2 unspecified atom stereocenters. The summed E-state index contributed by atoms with van der Waals surface area (Å²) in [5.41, 5.74) is 11.0. The molecular formula is C13H26N4O11S2. The number of nitrogens with one attached hydrogen (secondary N) is 2. The molecule has 0 aliphatic heterocycles. The summed E-state index contributed by atoms with van der Waals surface area (Å²) in [6.45, 7) is 1.41. The molecule has 0 spiro atoms. The van der Waals surface area contributed by atoms with Gasteiger partial charge in [0.2, 0.25) is 11.8 Å². The van der Waals surface area contributed by atoms with Gasteiger partial charge in [-0.25, -0.2) is 4.79 Å². The van der Waals surface area contributed by atoms with Gasteiger partial charge in [-0.15, -0.1) is 12.6 Å². The van der Waals surface area contributed by atoms with Gasteiger partial charge in [0, 0.05) is 13.1 Å². The Balaban J connectivity index is 0. The number of carbonyl (C=O) groups excluding carboxylic acids is 3. The van der Waals surface area contributed by atoms with Crippen LogP contribution in [-0.4, -0.2) is 87.7 Å². The van der Waals surface area contributed by atoms with E-state index in [1.807, 2.05) is 6.92 Å². The van der Waals surface area contributed by atoms with Crippen LogP contribution in [0.4, 0.5) is 4.79 Å². The fourth-order valence-corrected chi connectivity index (χ4v) is 1.99. The van der Waals surface area contributed by atoms with Crippen molar-refractivity contribution in [2.75, 3.05) is 32.1 Å². The van der Waals surface area contributed by atoms with E-state index in [1.54, 1.807) is 0 Å². The summed E-state index contributed by atoms with van der Waals surface area (Å²) in [5, 5.41) is 4.85. The number of carbonyl (C=O) groups is 3. The van der Waals surface area contributed by atoms with E-state index in [-0.39, 0.29) is 13.0 Å². The van der Waals surface area contributed by atoms with Crippen molar-refractivity contribution in [3.63, 3.8) is 0 Å². The Bertz CT molecular complexity index is 748. The van der Waals surface area contributed by atoms with Gasteiger partial charge in [0.05, 0.1) is 5.75 Å². The van der Waals surface area contributed by atoms with Crippen LogP contribution in [0, 0.1) is 0 Å². The van der Waals surface area contributed by atoms with E-state index in [9.17, 15) is 22.8 Å². The van der Waals surface area contributed by atoms with Crippen molar-refractivity contribution >= 4 is 38.7 Å². The van der Waals surface area contributed by atoms with Gasteiger partial charge < -0.3 is 31.6 Å². The fourth-order valence-electron chi connectivity index (χ4n) is 1.49. The van der Waals surface area contributed by atoms with Gasteiger partial charge in [0.25, 0.3) is 10.1 Å². The molecule has 0 aromatic carbocycles. The molecule has 176 valence electrons. The third kappa shape index (κ3) is 20.4. The molecule has 0 aliphatic rings. The van der Waals surface area contributed by atoms with Crippen LogP contribution in [0.1, 0.15) is 19.8 Å². The first-order valence-corrected chi connectivity index (χ1v) is 11.0. The van der Waals surface area contributed by atoms with Gasteiger partial charge in [-0.05, 0) is 12.8 Å². The van der Waals surface area contributed by atoms with Crippen LogP contribution >= 0.6 is 0 Å². The zero-order chi connectivity index (χ0) is 23.7. The first-order valence-electron chi connectivity index (χ1n) is 8.38. The predicted molar refractivity (Wildman–Crippen MR) is 100 cm³/mol. The molecule has 2 atom stereocenters. The molecule has 0 aliphatic carbocycles. The molecule has 15 nitrogen and oxygen atoms in total. The Morgan fingerprint density at radius 1 is 0.967 bits per heavy atom. The second kappa shape index (κ2) is 16.5. The Labute approximate surface area is 174 Å². The van der Waals surface area contributed by atoms with Crippen molar-refractivity contribution < 1.29 is 49.5 Å². The third-order valence-corrected chi connectivity index (χ3v) is 3.67. The van der Waals surface area contributed by atoms with E-state index in [2.05, 4.69) is 20.1 Å². The minimum absolute atomic E-state index is 0.00181. The first-order chi connectivity index (χ1) is 13.8. The molecule has 0 saturated heterocycles. The summed E-state index contributed by atoms with van der Waals surface area (Å²) in [7, 11) is -7.21.